The molecule has 1 fully saturated rings. The van der Waals surface area contributed by atoms with Gasteiger partial charge in [-0.25, -0.2) is 4.98 Å². The Morgan fingerprint density at radius 2 is 2.00 bits per heavy atom. The minimum absolute atomic E-state index is 0.249. The summed E-state index contributed by atoms with van der Waals surface area (Å²) < 4.78 is 6.35. The van der Waals surface area contributed by atoms with E-state index < -0.39 is 0 Å². The maximum atomic E-state index is 12.9. The molecule has 11 heteroatoms. The fraction of sp³-hybridized carbons (Fsp3) is 0.238. The number of nitrogens with one attached hydrogen (secondary N) is 1. The van der Waals surface area contributed by atoms with Gasteiger partial charge in [-0.1, -0.05) is 18.2 Å². The SMILES string of the molecule is NC1CCN(c2ccccc2NC(=O)c2csc(Sc3nnc(-c4cccs4)o3)n2)CC1. The third kappa shape index (κ3) is 4.70. The Balaban J connectivity index is 1.26. The van der Waals surface area contributed by atoms with E-state index in [1.54, 1.807) is 5.38 Å². The summed E-state index contributed by atoms with van der Waals surface area (Å²) in [5.41, 5.74) is 8.16. The van der Waals surface area contributed by atoms with Gasteiger partial charge in [0, 0.05) is 36.3 Å². The summed E-state index contributed by atoms with van der Waals surface area (Å²) in [7, 11) is 0. The van der Waals surface area contributed by atoms with Gasteiger partial charge in [-0.05, 0) is 36.4 Å². The van der Waals surface area contributed by atoms with Crippen molar-refractivity contribution in [3.63, 3.8) is 0 Å². The first-order chi connectivity index (χ1) is 15.7. The number of aromatic nitrogens is 3. The molecule has 0 spiro atoms. The number of piperidine rings is 1. The molecule has 1 saturated heterocycles. The summed E-state index contributed by atoms with van der Waals surface area (Å²) >= 11 is 4.15. The minimum Gasteiger partial charge on any atom is -0.410 e. The number of rotatable bonds is 6. The van der Waals surface area contributed by atoms with Crippen LogP contribution in [0.2, 0.25) is 0 Å². The van der Waals surface area contributed by atoms with E-state index in [2.05, 4.69) is 25.4 Å². The molecule has 4 aromatic rings. The number of thiophene rings is 1. The summed E-state index contributed by atoms with van der Waals surface area (Å²) in [5, 5.41) is 15.2. The lowest BCUT2D eigenvalue weighted by Crippen LogP contribution is -2.40. The Kier molecular flexibility index (Phi) is 6.21. The molecular formula is C21H20N6O2S3. The lowest BCUT2D eigenvalue weighted by molar-refractivity contribution is 0.102. The van der Waals surface area contributed by atoms with Crippen LogP contribution >= 0.6 is 34.4 Å². The number of para-hydroxylation sites is 2. The van der Waals surface area contributed by atoms with Crippen LogP contribution in [0.25, 0.3) is 10.8 Å². The largest absolute Gasteiger partial charge is 0.410 e. The fourth-order valence-electron chi connectivity index (χ4n) is 3.42. The number of nitrogens with two attached hydrogens (primary N) is 1. The van der Waals surface area contributed by atoms with Gasteiger partial charge in [-0.3, -0.25) is 4.79 Å². The van der Waals surface area contributed by atoms with Crippen LogP contribution in [0.3, 0.4) is 0 Å². The molecule has 3 aromatic heterocycles. The van der Waals surface area contributed by atoms with E-state index in [1.807, 2.05) is 41.8 Å². The maximum Gasteiger partial charge on any atom is 0.284 e. The summed E-state index contributed by atoms with van der Waals surface area (Å²) in [6.07, 6.45) is 1.89. The van der Waals surface area contributed by atoms with Gasteiger partial charge in [-0.2, -0.15) is 0 Å². The highest BCUT2D eigenvalue weighted by molar-refractivity contribution is 8.00. The van der Waals surface area contributed by atoms with Crippen molar-refractivity contribution in [1.82, 2.24) is 15.2 Å². The molecule has 0 radical (unpaired) electrons. The van der Waals surface area contributed by atoms with E-state index >= 15 is 0 Å². The highest BCUT2D eigenvalue weighted by Crippen LogP contribution is 2.33. The first-order valence-corrected chi connectivity index (χ1v) is 12.6. The van der Waals surface area contributed by atoms with Gasteiger partial charge in [0.05, 0.1) is 16.3 Å². The number of carbonyl (C=O) groups excluding carboxylic acids is 1. The number of thiazole rings is 1. The quantitative estimate of drug-likeness (QED) is 0.409. The van der Waals surface area contributed by atoms with Gasteiger partial charge in [0.1, 0.15) is 5.69 Å². The van der Waals surface area contributed by atoms with Crippen LogP contribution < -0.4 is 16.0 Å². The maximum absolute atomic E-state index is 12.9. The monoisotopic (exact) mass is 484 g/mol. The van der Waals surface area contributed by atoms with Crippen LogP contribution in [0.1, 0.15) is 23.3 Å². The highest BCUT2D eigenvalue weighted by atomic mass is 32.2. The number of hydrogen-bond donors (Lipinski definition) is 2. The first-order valence-electron chi connectivity index (χ1n) is 10.1. The zero-order chi connectivity index (χ0) is 21.9. The smallest absolute Gasteiger partial charge is 0.284 e. The van der Waals surface area contributed by atoms with E-state index in [-0.39, 0.29) is 11.9 Å². The second kappa shape index (κ2) is 9.41. The van der Waals surface area contributed by atoms with Gasteiger partial charge in [0.15, 0.2) is 4.34 Å². The fourth-order valence-corrected chi connectivity index (χ4v) is 5.63. The van der Waals surface area contributed by atoms with Crippen molar-refractivity contribution < 1.29 is 9.21 Å². The van der Waals surface area contributed by atoms with Crippen molar-refractivity contribution in [1.29, 1.82) is 0 Å². The second-order valence-electron chi connectivity index (χ2n) is 7.25. The molecule has 0 aliphatic carbocycles. The Bertz CT molecular complexity index is 1200. The van der Waals surface area contributed by atoms with Crippen molar-refractivity contribution in [2.24, 2.45) is 5.73 Å². The summed E-state index contributed by atoms with van der Waals surface area (Å²) in [6, 6.07) is 11.9. The zero-order valence-corrected chi connectivity index (χ0v) is 19.4. The molecule has 0 unspecified atom stereocenters. The minimum atomic E-state index is -0.251. The average molecular weight is 485 g/mol. The molecular weight excluding hydrogens is 464 g/mol. The number of hydrogen-bond acceptors (Lipinski definition) is 10. The Labute approximate surface area is 196 Å². The zero-order valence-electron chi connectivity index (χ0n) is 16.9. The molecule has 1 aliphatic heterocycles. The predicted octanol–water partition coefficient (Wildman–Crippen LogP) is 4.59. The van der Waals surface area contributed by atoms with Crippen LogP contribution in [-0.4, -0.2) is 40.2 Å². The Hall–Kier alpha value is -2.73. The average Bonchev–Trinajstić information content (AvgIpc) is 3.57. The Morgan fingerprint density at radius 3 is 2.81 bits per heavy atom. The van der Waals surface area contributed by atoms with E-state index in [4.69, 9.17) is 10.2 Å². The molecule has 4 heterocycles. The summed E-state index contributed by atoms with van der Waals surface area (Å²) in [5.74, 6) is 0.228. The lowest BCUT2D eigenvalue weighted by atomic mass is 10.0. The topological polar surface area (TPSA) is 110 Å². The number of anilines is 2. The summed E-state index contributed by atoms with van der Waals surface area (Å²) in [4.78, 5) is 20.5. The third-order valence-corrected chi connectivity index (χ3v) is 7.70. The van der Waals surface area contributed by atoms with E-state index in [0.29, 0.717) is 21.1 Å². The molecule has 8 nitrogen and oxygen atoms in total. The predicted molar refractivity (Wildman–Crippen MR) is 128 cm³/mol. The van der Waals surface area contributed by atoms with Crippen LogP contribution in [0.4, 0.5) is 11.4 Å². The molecule has 164 valence electrons. The van der Waals surface area contributed by atoms with Crippen molar-refractivity contribution in [2.45, 2.75) is 28.4 Å². The standard InChI is InChI=1S/C21H20N6O2S3/c22-13-7-9-27(10-8-13)16-5-2-1-4-14(16)23-18(28)15-12-31-21(24-15)32-20-26-25-19(29-20)17-6-3-11-30-17/h1-6,11-13H,7-10,22H2,(H,23,28). The third-order valence-electron chi connectivity index (χ3n) is 5.06. The highest BCUT2D eigenvalue weighted by Gasteiger charge is 2.20. The van der Waals surface area contributed by atoms with E-state index in [0.717, 1.165) is 42.2 Å². The normalized spacial score (nSPS) is 14.6. The van der Waals surface area contributed by atoms with Crippen molar-refractivity contribution >= 4 is 51.7 Å². The van der Waals surface area contributed by atoms with Gasteiger partial charge in [0.2, 0.25) is 0 Å². The van der Waals surface area contributed by atoms with Gasteiger partial charge >= 0.3 is 0 Å². The molecule has 0 atom stereocenters. The lowest BCUT2D eigenvalue weighted by Gasteiger charge is -2.33. The van der Waals surface area contributed by atoms with Crippen LogP contribution in [0, 0.1) is 0 Å². The van der Waals surface area contributed by atoms with E-state index in [9.17, 15) is 4.79 Å². The molecule has 1 aromatic carbocycles. The molecule has 0 bridgehead atoms. The molecule has 3 N–H and O–H groups in total. The van der Waals surface area contributed by atoms with E-state index in [1.165, 1.54) is 34.4 Å². The molecule has 1 amide bonds. The van der Waals surface area contributed by atoms with Crippen LogP contribution in [0.15, 0.2) is 61.1 Å². The second-order valence-corrected chi connectivity index (χ2v) is 10.3. The molecule has 32 heavy (non-hydrogen) atoms. The summed E-state index contributed by atoms with van der Waals surface area (Å²) in [6.45, 7) is 1.76. The number of carbonyl (C=O) groups is 1. The number of amides is 1. The van der Waals surface area contributed by atoms with Crippen LogP contribution in [0.5, 0.6) is 0 Å². The Morgan fingerprint density at radius 1 is 1.16 bits per heavy atom. The number of nitrogens with zero attached hydrogens (tertiary/aromatic N) is 4. The van der Waals surface area contributed by atoms with Gasteiger partial charge < -0.3 is 20.4 Å². The van der Waals surface area contributed by atoms with Gasteiger partial charge in [0.25, 0.3) is 17.0 Å². The van der Waals surface area contributed by atoms with Crippen molar-refractivity contribution in [2.75, 3.05) is 23.3 Å². The molecule has 1 aliphatic rings. The molecule has 5 rings (SSSR count). The van der Waals surface area contributed by atoms with Crippen molar-refractivity contribution in [3.05, 3.63) is 52.9 Å². The molecule has 0 saturated carbocycles. The number of benzene rings is 1. The first kappa shape index (κ1) is 21.1. The van der Waals surface area contributed by atoms with Crippen molar-refractivity contribution in [3.8, 4) is 10.8 Å². The van der Waals surface area contributed by atoms with Gasteiger partial charge in [-0.15, -0.1) is 32.9 Å². The van der Waals surface area contributed by atoms with Crippen LogP contribution in [-0.2, 0) is 0 Å².